The van der Waals surface area contributed by atoms with E-state index < -0.39 is 0 Å². The summed E-state index contributed by atoms with van der Waals surface area (Å²) in [6.45, 7) is 7.29. The van der Waals surface area contributed by atoms with E-state index in [1.807, 2.05) is 35.6 Å². The predicted octanol–water partition coefficient (Wildman–Crippen LogP) is 7.47. The van der Waals surface area contributed by atoms with E-state index in [1.165, 1.54) is 44.5 Å². The van der Waals surface area contributed by atoms with Gasteiger partial charge in [0.2, 0.25) is 5.91 Å². The number of aryl methyl sites for hydroxylation is 1. The molecule has 0 bridgehead atoms. The number of hydrogen-bond donors (Lipinski definition) is 1. The van der Waals surface area contributed by atoms with Gasteiger partial charge in [-0.15, -0.1) is 32.9 Å². The van der Waals surface area contributed by atoms with Gasteiger partial charge in [-0.25, -0.2) is 4.98 Å². The molecule has 38 heavy (non-hydrogen) atoms. The van der Waals surface area contributed by atoms with E-state index >= 15 is 0 Å². The molecule has 9 heteroatoms. The molecule has 6 nitrogen and oxygen atoms in total. The quantitative estimate of drug-likeness (QED) is 0.210. The van der Waals surface area contributed by atoms with Crippen molar-refractivity contribution in [2.24, 2.45) is 5.92 Å². The number of carbonyl (C=O) groups is 1. The number of thiophene rings is 1. The second-order valence-electron chi connectivity index (χ2n) is 9.85. The minimum absolute atomic E-state index is 0.0627. The number of fused-ring (bicyclic) bond motifs is 2. The van der Waals surface area contributed by atoms with E-state index in [2.05, 4.69) is 64.4 Å². The van der Waals surface area contributed by atoms with Gasteiger partial charge in [-0.2, -0.15) is 0 Å². The van der Waals surface area contributed by atoms with Gasteiger partial charge in [0.15, 0.2) is 11.0 Å². The van der Waals surface area contributed by atoms with Gasteiger partial charge in [0.25, 0.3) is 0 Å². The molecule has 1 unspecified atom stereocenters. The molecule has 1 N–H and O–H groups in total. The van der Waals surface area contributed by atoms with E-state index in [9.17, 15) is 4.79 Å². The fourth-order valence-corrected chi connectivity index (χ4v) is 8.04. The summed E-state index contributed by atoms with van der Waals surface area (Å²) in [5.41, 5.74) is 6.72. The normalized spacial score (nSPS) is 15.1. The van der Waals surface area contributed by atoms with Crippen molar-refractivity contribution in [3.8, 4) is 22.0 Å². The summed E-state index contributed by atoms with van der Waals surface area (Å²) < 4.78 is 3.32. The fraction of sp³-hybridized carbons (Fsp3) is 0.310. The minimum Gasteiger partial charge on any atom is -0.325 e. The SMILES string of the molecule is CCn1c(SCC(=O)Nc2ccc(-c3nc4ccc(C)cc4s3)cc2)nnc1-c1csc2c1CCC(C)C2. The summed E-state index contributed by atoms with van der Waals surface area (Å²) in [5.74, 6) is 1.88. The van der Waals surface area contributed by atoms with Gasteiger partial charge in [0.1, 0.15) is 5.01 Å². The highest BCUT2D eigenvalue weighted by Crippen LogP contribution is 2.38. The Balaban J connectivity index is 1.10. The molecule has 5 aromatic rings. The van der Waals surface area contributed by atoms with Gasteiger partial charge in [-0.3, -0.25) is 4.79 Å². The molecular weight excluding hydrogens is 531 g/mol. The zero-order valence-electron chi connectivity index (χ0n) is 21.7. The number of amides is 1. The number of thiazole rings is 1. The number of benzene rings is 2. The zero-order chi connectivity index (χ0) is 26.2. The number of aromatic nitrogens is 4. The third kappa shape index (κ3) is 5.02. The molecule has 0 aliphatic heterocycles. The summed E-state index contributed by atoms with van der Waals surface area (Å²) in [7, 11) is 0. The van der Waals surface area contributed by atoms with Gasteiger partial charge >= 0.3 is 0 Å². The minimum atomic E-state index is -0.0627. The molecule has 2 aromatic carbocycles. The van der Waals surface area contributed by atoms with Crippen molar-refractivity contribution < 1.29 is 4.79 Å². The third-order valence-corrected chi connectivity index (χ3v) is 10.1. The Hall–Kier alpha value is -3.01. The van der Waals surface area contributed by atoms with Crippen molar-refractivity contribution in [1.82, 2.24) is 19.7 Å². The van der Waals surface area contributed by atoms with Crippen LogP contribution in [-0.2, 0) is 24.2 Å². The Kier molecular flexibility index (Phi) is 7.07. The monoisotopic (exact) mass is 559 g/mol. The van der Waals surface area contributed by atoms with Crippen molar-refractivity contribution in [2.45, 2.75) is 51.7 Å². The van der Waals surface area contributed by atoms with Gasteiger partial charge < -0.3 is 9.88 Å². The van der Waals surface area contributed by atoms with Crippen LogP contribution in [0.5, 0.6) is 0 Å². The fourth-order valence-electron chi connectivity index (χ4n) is 4.92. The lowest BCUT2D eigenvalue weighted by Crippen LogP contribution is -2.14. The summed E-state index contributed by atoms with van der Waals surface area (Å²) in [4.78, 5) is 19.0. The Labute approximate surface area is 234 Å². The Morgan fingerprint density at radius 3 is 2.84 bits per heavy atom. The summed E-state index contributed by atoms with van der Waals surface area (Å²) in [6.07, 6.45) is 3.48. The molecule has 1 aliphatic rings. The third-order valence-electron chi connectivity index (χ3n) is 6.97. The maximum absolute atomic E-state index is 12.7. The van der Waals surface area contributed by atoms with Gasteiger partial charge in [-0.1, -0.05) is 24.8 Å². The van der Waals surface area contributed by atoms with E-state index in [1.54, 1.807) is 11.3 Å². The van der Waals surface area contributed by atoms with Gasteiger partial charge in [-0.05, 0) is 86.6 Å². The molecule has 6 rings (SSSR count). The number of rotatable bonds is 7. The molecule has 0 saturated heterocycles. The zero-order valence-corrected chi connectivity index (χ0v) is 24.1. The van der Waals surface area contributed by atoms with Crippen LogP contribution in [0.1, 0.15) is 36.3 Å². The predicted molar refractivity (Wildman–Crippen MR) is 159 cm³/mol. The van der Waals surface area contributed by atoms with Crippen LogP contribution in [-0.4, -0.2) is 31.4 Å². The molecular formula is C29H29N5OS3. The Bertz CT molecular complexity index is 1620. The van der Waals surface area contributed by atoms with Crippen LogP contribution in [0.4, 0.5) is 5.69 Å². The summed E-state index contributed by atoms with van der Waals surface area (Å²) >= 11 is 4.96. The van der Waals surface area contributed by atoms with Crippen LogP contribution in [0, 0.1) is 12.8 Å². The number of nitrogens with zero attached hydrogens (tertiary/aromatic N) is 4. The van der Waals surface area contributed by atoms with E-state index in [4.69, 9.17) is 4.98 Å². The smallest absolute Gasteiger partial charge is 0.234 e. The summed E-state index contributed by atoms with van der Waals surface area (Å²) in [6, 6.07) is 14.2. The average Bonchev–Trinajstić information content (AvgIpc) is 3.63. The average molecular weight is 560 g/mol. The molecule has 0 fully saturated rings. The van der Waals surface area contributed by atoms with Crippen LogP contribution < -0.4 is 5.32 Å². The topological polar surface area (TPSA) is 72.7 Å². The standard InChI is InChI=1S/C29H29N5OS3/c1-4-34-27(22-15-36-24-13-17(2)5-11-21(22)24)32-33-29(34)37-16-26(35)30-20-9-7-19(8-10-20)28-31-23-12-6-18(3)14-25(23)38-28/h6-10,12,14-15,17H,4-5,11,13,16H2,1-3H3,(H,30,35). The second-order valence-corrected chi connectivity index (χ2v) is 12.8. The highest BCUT2D eigenvalue weighted by molar-refractivity contribution is 7.99. The first-order chi connectivity index (χ1) is 18.5. The molecule has 0 spiro atoms. The largest absolute Gasteiger partial charge is 0.325 e. The Morgan fingerprint density at radius 2 is 2.03 bits per heavy atom. The van der Waals surface area contributed by atoms with E-state index in [0.29, 0.717) is 0 Å². The number of anilines is 1. The highest BCUT2D eigenvalue weighted by Gasteiger charge is 2.24. The van der Waals surface area contributed by atoms with E-state index in [-0.39, 0.29) is 11.7 Å². The van der Waals surface area contributed by atoms with Crippen LogP contribution in [0.3, 0.4) is 0 Å². The molecule has 1 aliphatic carbocycles. The van der Waals surface area contributed by atoms with E-state index in [0.717, 1.165) is 58.1 Å². The van der Waals surface area contributed by atoms with Crippen molar-refractivity contribution in [3.05, 3.63) is 63.8 Å². The van der Waals surface area contributed by atoms with Gasteiger partial charge in [0.05, 0.1) is 16.0 Å². The van der Waals surface area contributed by atoms with Crippen LogP contribution in [0.25, 0.3) is 32.2 Å². The first kappa shape index (κ1) is 25.3. The molecule has 194 valence electrons. The highest BCUT2D eigenvalue weighted by atomic mass is 32.2. The van der Waals surface area contributed by atoms with Crippen LogP contribution >= 0.6 is 34.4 Å². The first-order valence-corrected chi connectivity index (χ1v) is 15.6. The first-order valence-electron chi connectivity index (χ1n) is 12.9. The summed E-state index contributed by atoms with van der Waals surface area (Å²) in [5, 5.41) is 16.0. The number of thioether (sulfide) groups is 1. The van der Waals surface area contributed by atoms with Crippen molar-refractivity contribution in [2.75, 3.05) is 11.1 Å². The molecule has 1 atom stereocenters. The maximum Gasteiger partial charge on any atom is 0.234 e. The van der Waals surface area contributed by atoms with Crippen molar-refractivity contribution in [1.29, 1.82) is 0 Å². The lowest BCUT2D eigenvalue weighted by atomic mass is 9.88. The van der Waals surface area contributed by atoms with Crippen molar-refractivity contribution in [3.63, 3.8) is 0 Å². The van der Waals surface area contributed by atoms with Crippen LogP contribution in [0.15, 0.2) is 53.0 Å². The molecule has 3 aromatic heterocycles. The number of carbonyl (C=O) groups excluding carboxylic acids is 1. The Morgan fingerprint density at radius 1 is 1.18 bits per heavy atom. The lowest BCUT2D eigenvalue weighted by molar-refractivity contribution is -0.113. The molecule has 1 amide bonds. The molecule has 0 saturated carbocycles. The number of nitrogens with one attached hydrogen (secondary N) is 1. The molecule has 0 radical (unpaired) electrons. The lowest BCUT2D eigenvalue weighted by Gasteiger charge is -2.19. The molecule has 3 heterocycles. The van der Waals surface area contributed by atoms with Crippen LogP contribution in [0.2, 0.25) is 0 Å². The second kappa shape index (κ2) is 10.6. The van der Waals surface area contributed by atoms with Gasteiger partial charge in [0, 0.05) is 33.6 Å². The number of hydrogen-bond acceptors (Lipinski definition) is 7. The maximum atomic E-state index is 12.7. The van der Waals surface area contributed by atoms with Crippen molar-refractivity contribution >= 4 is 56.2 Å².